The van der Waals surface area contributed by atoms with Crippen molar-refractivity contribution in [1.29, 1.82) is 0 Å². The number of benzene rings is 2. The Hall–Kier alpha value is -3.21. The standard InChI is InChI=1S/C24H17Cl2N3O/c1-15-23(21(30)11-13-28-22-8-4-5-12-27-22)24(17-6-2-3-7-19(17)26)18-14-16(25)9-10-20(18)29-15/h2-14H,1H3,(H,27,28)/b13-11+. The van der Waals surface area contributed by atoms with Gasteiger partial charge >= 0.3 is 0 Å². The van der Waals surface area contributed by atoms with Crippen molar-refractivity contribution in [3.8, 4) is 11.1 Å². The number of hydrogen-bond acceptors (Lipinski definition) is 4. The van der Waals surface area contributed by atoms with Crippen LogP contribution in [0.3, 0.4) is 0 Å². The fourth-order valence-corrected chi connectivity index (χ4v) is 3.74. The summed E-state index contributed by atoms with van der Waals surface area (Å²) < 4.78 is 0. The van der Waals surface area contributed by atoms with Gasteiger partial charge in [-0.15, -0.1) is 0 Å². The molecule has 2 aromatic heterocycles. The molecular weight excluding hydrogens is 417 g/mol. The first-order valence-corrected chi connectivity index (χ1v) is 10.0. The van der Waals surface area contributed by atoms with E-state index in [1.807, 2.05) is 55.5 Å². The van der Waals surface area contributed by atoms with Gasteiger partial charge in [0.15, 0.2) is 5.78 Å². The van der Waals surface area contributed by atoms with Crippen molar-refractivity contribution < 1.29 is 4.79 Å². The molecule has 0 atom stereocenters. The summed E-state index contributed by atoms with van der Waals surface area (Å²) in [7, 11) is 0. The average molecular weight is 434 g/mol. The molecule has 0 saturated carbocycles. The van der Waals surface area contributed by atoms with E-state index in [-0.39, 0.29) is 5.78 Å². The van der Waals surface area contributed by atoms with Crippen LogP contribution >= 0.6 is 23.2 Å². The fraction of sp³-hybridized carbons (Fsp3) is 0.0417. The molecule has 2 aromatic carbocycles. The second-order valence-electron chi connectivity index (χ2n) is 6.65. The second-order valence-corrected chi connectivity index (χ2v) is 7.49. The molecular formula is C24H17Cl2N3O. The summed E-state index contributed by atoms with van der Waals surface area (Å²) in [5, 5.41) is 4.89. The summed E-state index contributed by atoms with van der Waals surface area (Å²) in [4.78, 5) is 22.0. The van der Waals surface area contributed by atoms with Crippen molar-refractivity contribution in [1.82, 2.24) is 9.97 Å². The highest BCUT2D eigenvalue weighted by molar-refractivity contribution is 6.35. The molecule has 0 unspecified atom stereocenters. The van der Waals surface area contributed by atoms with Gasteiger partial charge in [-0.2, -0.15) is 0 Å². The molecule has 4 nitrogen and oxygen atoms in total. The summed E-state index contributed by atoms with van der Waals surface area (Å²) >= 11 is 12.8. The highest BCUT2D eigenvalue weighted by Gasteiger charge is 2.20. The first-order valence-electron chi connectivity index (χ1n) is 9.28. The monoisotopic (exact) mass is 433 g/mol. The third kappa shape index (κ3) is 4.06. The molecule has 6 heteroatoms. The number of aromatic nitrogens is 2. The molecule has 148 valence electrons. The van der Waals surface area contributed by atoms with Crippen molar-refractivity contribution in [2.45, 2.75) is 6.92 Å². The highest BCUT2D eigenvalue weighted by Crippen LogP contribution is 2.38. The van der Waals surface area contributed by atoms with E-state index in [4.69, 9.17) is 23.2 Å². The van der Waals surface area contributed by atoms with E-state index in [2.05, 4.69) is 15.3 Å². The first kappa shape index (κ1) is 20.1. The summed E-state index contributed by atoms with van der Waals surface area (Å²) in [6, 6.07) is 18.4. The van der Waals surface area contributed by atoms with Crippen LogP contribution in [-0.2, 0) is 0 Å². The minimum atomic E-state index is -0.194. The summed E-state index contributed by atoms with van der Waals surface area (Å²) in [5.74, 6) is 0.452. The molecule has 4 rings (SSSR count). The Morgan fingerprint density at radius 1 is 1.03 bits per heavy atom. The Balaban J connectivity index is 1.86. The quantitative estimate of drug-likeness (QED) is 0.280. The molecule has 0 aliphatic carbocycles. The van der Waals surface area contributed by atoms with Gasteiger partial charge in [0.25, 0.3) is 0 Å². The number of carbonyl (C=O) groups is 1. The molecule has 0 amide bonds. The van der Waals surface area contributed by atoms with E-state index in [0.29, 0.717) is 27.1 Å². The maximum Gasteiger partial charge on any atom is 0.189 e. The molecule has 0 fully saturated rings. The van der Waals surface area contributed by atoms with Gasteiger partial charge < -0.3 is 5.32 Å². The number of halogens is 2. The highest BCUT2D eigenvalue weighted by atomic mass is 35.5. The molecule has 30 heavy (non-hydrogen) atoms. The Bertz CT molecular complexity index is 1270. The third-order valence-electron chi connectivity index (χ3n) is 4.65. The topological polar surface area (TPSA) is 54.9 Å². The predicted octanol–water partition coefficient (Wildman–Crippen LogP) is 6.72. The molecule has 4 aromatic rings. The van der Waals surface area contributed by atoms with Gasteiger partial charge in [0.1, 0.15) is 5.82 Å². The summed E-state index contributed by atoms with van der Waals surface area (Å²) in [6.07, 6.45) is 4.71. The van der Waals surface area contributed by atoms with Crippen molar-refractivity contribution in [2.24, 2.45) is 0 Å². The van der Waals surface area contributed by atoms with Crippen molar-refractivity contribution in [3.63, 3.8) is 0 Å². The lowest BCUT2D eigenvalue weighted by molar-refractivity contribution is 0.104. The Labute approximate surface area is 184 Å². The number of aryl methyl sites for hydroxylation is 1. The maximum absolute atomic E-state index is 13.2. The average Bonchev–Trinajstić information content (AvgIpc) is 2.74. The predicted molar refractivity (Wildman–Crippen MR) is 123 cm³/mol. The van der Waals surface area contributed by atoms with Gasteiger partial charge in [-0.1, -0.05) is 47.5 Å². The first-order chi connectivity index (χ1) is 14.5. The number of fused-ring (bicyclic) bond motifs is 1. The van der Waals surface area contributed by atoms with Gasteiger partial charge in [-0.3, -0.25) is 9.78 Å². The van der Waals surface area contributed by atoms with Crippen molar-refractivity contribution in [2.75, 3.05) is 5.32 Å². The Morgan fingerprint density at radius 2 is 1.83 bits per heavy atom. The van der Waals surface area contributed by atoms with E-state index < -0.39 is 0 Å². The normalized spacial score (nSPS) is 11.2. The smallest absolute Gasteiger partial charge is 0.189 e. The molecule has 0 aliphatic heterocycles. The number of nitrogens with one attached hydrogen (secondary N) is 1. The zero-order valence-electron chi connectivity index (χ0n) is 16.1. The van der Waals surface area contributed by atoms with Crippen LogP contribution < -0.4 is 5.32 Å². The maximum atomic E-state index is 13.2. The van der Waals surface area contributed by atoms with Crippen LogP contribution in [0.15, 0.2) is 79.1 Å². The number of rotatable bonds is 5. The van der Waals surface area contributed by atoms with Crippen LogP contribution in [0.5, 0.6) is 0 Å². The Kier molecular flexibility index (Phi) is 5.79. The summed E-state index contributed by atoms with van der Waals surface area (Å²) in [6.45, 7) is 1.82. The van der Waals surface area contributed by atoms with Crippen LogP contribution in [0.25, 0.3) is 22.0 Å². The zero-order chi connectivity index (χ0) is 21.1. The lowest BCUT2D eigenvalue weighted by Gasteiger charge is -2.15. The van der Waals surface area contributed by atoms with Crippen LogP contribution in [0.4, 0.5) is 5.82 Å². The zero-order valence-corrected chi connectivity index (χ0v) is 17.6. The van der Waals surface area contributed by atoms with E-state index in [9.17, 15) is 4.79 Å². The molecule has 0 aliphatic rings. The van der Waals surface area contributed by atoms with E-state index in [1.165, 1.54) is 6.08 Å². The number of nitrogens with zero attached hydrogens (tertiary/aromatic N) is 2. The minimum absolute atomic E-state index is 0.194. The van der Waals surface area contributed by atoms with Gasteiger partial charge in [-0.05, 0) is 43.3 Å². The minimum Gasteiger partial charge on any atom is -0.347 e. The van der Waals surface area contributed by atoms with Crippen LogP contribution in [0, 0.1) is 6.92 Å². The van der Waals surface area contributed by atoms with Crippen molar-refractivity contribution in [3.05, 3.63) is 100 Å². The number of pyridine rings is 2. The number of anilines is 1. The van der Waals surface area contributed by atoms with Gasteiger partial charge in [0.2, 0.25) is 0 Å². The SMILES string of the molecule is Cc1nc2ccc(Cl)cc2c(-c2ccccc2Cl)c1C(=O)/C=C/Nc1ccccn1. The second kappa shape index (κ2) is 8.66. The third-order valence-corrected chi connectivity index (χ3v) is 5.21. The number of ketones is 1. The number of hydrogen-bond donors (Lipinski definition) is 1. The van der Waals surface area contributed by atoms with Crippen molar-refractivity contribution >= 4 is 45.7 Å². The van der Waals surface area contributed by atoms with Crippen LogP contribution in [-0.4, -0.2) is 15.8 Å². The van der Waals surface area contributed by atoms with E-state index in [1.54, 1.807) is 24.5 Å². The fourth-order valence-electron chi connectivity index (χ4n) is 3.34. The largest absolute Gasteiger partial charge is 0.347 e. The van der Waals surface area contributed by atoms with Gasteiger partial charge in [0.05, 0.1) is 11.1 Å². The molecule has 0 radical (unpaired) electrons. The van der Waals surface area contributed by atoms with E-state index in [0.717, 1.165) is 22.0 Å². The van der Waals surface area contributed by atoms with Gasteiger partial charge in [0, 0.05) is 50.7 Å². The lowest BCUT2D eigenvalue weighted by Crippen LogP contribution is -2.06. The number of carbonyl (C=O) groups excluding carboxylic acids is 1. The summed E-state index contributed by atoms with van der Waals surface area (Å²) in [5.41, 5.74) is 3.33. The van der Waals surface area contributed by atoms with Crippen LogP contribution in [0.1, 0.15) is 16.1 Å². The molecule has 0 saturated heterocycles. The van der Waals surface area contributed by atoms with E-state index >= 15 is 0 Å². The number of allylic oxidation sites excluding steroid dienone is 1. The molecule has 0 bridgehead atoms. The molecule has 1 N–H and O–H groups in total. The Morgan fingerprint density at radius 3 is 2.60 bits per heavy atom. The molecule has 2 heterocycles. The molecule has 0 spiro atoms. The van der Waals surface area contributed by atoms with Crippen LogP contribution in [0.2, 0.25) is 10.0 Å². The lowest BCUT2D eigenvalue weighted by atomic mass is 9.92. The van der Waals surface area contributed by atoms with Gasteiger partial charge in [-0.25, -0.2) is 4.98 Å².